The van der Waals surface area contributed by atoms with Gasteiger partial charge in [-0.2, -0.15) is 0 Å². The number of carboxylic acids is 1. The van der Waals surface area contributed by atoms with E-state index in [0.29, 0.717) is 0 Å². The molecule has 0 saturated carbocycles. The Morgan fingerprint density at radius 1 is 1.40 bits per heavy atom. The first-order chi connectivity index (χ1) is 4.27. The van der Waals surface area contributed by atoms with Crippen LogP contribution < -0.4 is 40.4 Å². The van der Waals surface area contributed by atoms with Gasteiger partial charge in [0, 0.05) is 20.8 Å². The Kier molecular flexibility index (Phi) is 77.3. The van der Waals surface area contributed by atoms with Crippen molar-refractivity contribution >= 4 is 5.97 Å². The van der Waals surface area contributed by atoms with Crippen molar-refractivity contribution in [2.24, 2.45) is 5.73 Å². The average Bonchev–Trinajstić information content (AvgIpc) is 1.97. The molecular weight excluding hydrogens is 149 g/mol. The smallest absolute Gasteiger partial charge is 0.549 e. The van der Waals surface area contributed by atoms with E-state index in [9.17, 15) is 0 Å². The second-order valence-electron chi connectivity index (χ2n) is 0.576. The number of aliphatic hydroxyl groups is 2. The zero-order valence-corrected chi connectivity index (χ0v) is 8.50. The van der Waals surface area contributed by atoms with Crippen molar-refractivity contribution in [3.63, 3.8) is 0 Å². The summed E-state index contributed by atoms with van der Waals surface area (Å²) in [6.45, 7) is -0.389. The zero-order chi connectivity index (χ0) is 8.28. The standard InChI is InChI=1S/C2H5NO2.2CH4O.Na/c3-1-2(4)5;2*1-2;/h1,3H2,(H,4,5);2*2H,1H3;/q;;;+1/p-1. The molecule has 0 aromatic heterocycles. The van der Waals surface area contributed by atoms with Gasteiger partial charge < -0.3 is 25.8 Å². The Morgan fingerprint density at radius 2 is 1.50 bits per heavy atom. The molecule has 0 aliphatic rings. The Morgan fingerprint density at radius 3 is 1.50 bits per heavy atom. The zero-order valence-electron chi connectivity index (χ0n) is 6.50. The molecule has 0 amide bonds. The maximum Gasteiger partial charge on any atom is 1.00 e. The van der Waals surface area contributed by atoms with Gasteiger partial charge in [-0.05, 0) is 0 Å². The van der Waals surface area contributed by atoms with E-state index in [-0.39, 0.29) is 36.1 Å². The van der Waals surface area contributed by atoms with Gasteiger partial charge in [-0.3, -0.25) is 0 Å². The molecule has 0 unspecified atom stereocenters. The van der Waals surface area contributed by atoms with Crippen LogP contribution in [0.3, 0.4) is 0 Å². The fraction of sp³-hybridized carbons (Fsp3) is 0.750. The molecule has 0 aromatic carbocycles. The van der Waals surface area contributed by atoms with Gasteiger partial charge in [0.1, 0.15) is 0 Å². The molecule has 0 bridgehead atoms. The largest absolute Gasteiger partial charge is 1.00 e. The molecule has 0 aromatic rings. The van der Waals surface area contributed by atoms with E-state index < -0.39 is 5.97 Å². The van der Waals surface area contributed by atoms with Crippen molar-refractivity contribution < 1.29 is 49.7 Å². The molecule has 0 heterocycles. The summed E-state index contributed by atoms with van der Waals surface area (Å²) in [5, 5.41) is 23.1. The van der Waals surface area contributed by atoms with Gasteiger partial charge in [0.05, 0.1) is 5.97 Å². The molecule has 0 spiro atoms. The molecule has 0 aliphatic heterocycles. The second kappa shape index (κ2) is 34.5. The summed E-state index contributed by atoms with van der Waals surface area (Å²) < 4.78 is 0. The number of nitrogens with two attached hydrogens (primary N) is 1. The van der Waals surface area contributed by atoms with E-state index in [4.69, 9.17) is 20.1 Å². The summed E-state index contributed by atoms with van der Waals surface area (Å²) >= 11 is 0. The molecule has 58 valence electrons. The minimum Gasteiger partial charge on any atom is -0.549 e. The van der Waals surface area contributed by atoms with Crippen LogP contribution in [-0.4, -0.2) is 36.9 Å². The summed E-state index contributed by atoms with van der Waals surface area (Å²) in [6.07, 6.45) is 0. The van der Waals surface area contributed by atoms with Crippen LogP contribution in [0.1, 0.15) is 0 Å². The Labute approximate surface area is 82.1 Å². The third-order valence-electron chi connectivity index (χ3n) is 0.167. The predicted molar refractivity (Wildman–Crippen MR) is 30.3 cm³/mol. The maximum absolute atomic E-state index is 9.13. The van der Waals surface area contributed by atoms with Crippen LogP contribution in [0.4, 0.5) is 0 Å². The van der Waals surface area contributed by atoms with E-state index in [1.165, 1.54) is 0 Å². The van der Waals surface area contributed by atoms with Gasteiger partial charge in [-0.1, -0.05) is 0 Å². The van der Waals surface area contributed by atoms with E-state index in [0.717, 1.165) is 14.2 Å². The molecule has 6 heteroatoms. The second-order valence-corrected chi connectivity index (χ2v) is 0.576. The monoisotopic (exact) mass is 161 g/mol. The first kappa shape index (κ1) is 22.4. The summed E-state index contributed by atoms with van der Waals surface area (Å²) in [4.78, 5) is 9.13. The third-order valence-corrected chi connectivity index (χ3v) is 0.167. The molecule has 0 rings (SSSR count). The van der Waals surface area contributed by atoms with Crippen molar-refractivity contribution in [3.05, 3.63) is 0 Å². The first-order valence-corrected chi connectivity index (χ1v) is 2.06. The molecule has 10 heavy (non-hydrogen) atoms. The van der Waals surface area contributed by atoms with Crippen LogP contribution in [0.15, 0.2) is 0 Å². The summed E-state index contributed by atoms with van der Waals surface area (Å²) in [5.41, 5.74) is 4.51. The Balaban J connectivity index is -0.0000000315. The van der Waals surface area contributed by atoms with Crippen LogP contribution in [0.25, 0.3) is 0 Å². The van der Waals surface area contributed by atoms with E-state index in [2.05, 4.69) is 5.73 Å². The van der Waals surface area contributed by atoms with Gasteiger partial charge in [0.15, 0.2) is 0 Å². The molecule has 4 N–H and O–H groups in total. The van der Waals surface area contributed by atoms with Crippen molar-refractivity contribution in [2.75, 3.05) is 20.8 Å². The molecule has 0 atom stereocenters. The average molecular weight is 161 g/mol. The van der Waals surface area contributed by atoms with Crippen molar-refractivity contribution in [1.82, 2.24) is 0 Å². The molecule has 0 fully saturated rings. The van der Waals surface area contributed by atoms with Crippen LogP contribution in [0.2, 0.25) is 0 Å². The quantitative estimate of drug-likeness (QED) is 0.332. The number of rotatable bonds is 1. The number of aliphatic hydroxyl groups excluding tert-OH is 2. The fourth-order valence-electron chi connectivity index (χ4n) is 0. The van der Waals surface area contributed by atoms with E-state index in [1.807, 2.05) is 0 Å². The van der Waals surface area contributed by atoms with Gasteiger partial charge in [0.2, 0.25) is 0 Å². The van der Waals surface area contributed by atoms with Crippen LogP contribution in [0, 0.1) is 0 Å². The van der Waals surface area contributed by atoms with Crippen molar-refractivity contribution in [3.8, 4) is 0 Å². The summed E-state index contributed by atoms with van der Waals surface area (Å²) in [6, 6.07) is 0. The van der Waals surface area contributed by atoms with Gasteiger partial charge >= 0.3 is 29.6 Å². The topological polar surface area (TPSA) is 107 Å². The SMILES string of the molecule is CO.CO.NCC(=O)[O-].[Na+]. The number of carbonyl (C=O) groups is 1. The minimum absolute atomic E-state index is 0. The normalized spacial score (nSPS) is 4.90. The van der Waals surface area contributed by atoms with Crippen LogP contribution in [0.5, 0.6) is 0 Å². The molecule has 5 nitrogen and oxygen atoms in total. The number of carbonyl (C=O) groups excluding carboxylic acids is 1. The molecular formula is C4H12NNaO4. The van der Waals surface area contributed by atoms with Gasteiger partial charge in [-0.15, -0.1) is 0 Å². The Bertz CT molecular complexity index is 52.5. The van der Waals surface area contributed by atoms with Gasteiger partial charge in [0.25, 0.3) is 0 Å². The summed E-state index contributed by atoms with van der Waals surface area (Å²) in [7, 11) is 2.00. The Hall–Kier alpha value is 0.350. The van der Waals surface area contributed by atoms with Crippen molar-refractivity contribution in [2.45, 2.75) is 0 Å². The summed E-state index contributed by atoms with van der Waals surface area (Å²) in [5.74, 6) is -1.22. The molecule has 0 radical (unpaired) electrons. The molecule has 0 saturated heterocycles. The maximum atomic E-state index is 9.13. The number of hydrogen-bond acceptors (Lipinski definition) is 5. The molecule has 0 aliphatic carbocycles. The third kappa shape index (κ3) is 81.7. The van der Waals surface area contributed by atoms with E-state index in [1.54, 1.807) is 0 Å². The van der Waals surface area contributed by atoms with E-state index >= 15 is 0 Å². The van der Waals surface area contributed by atoms with Crippen LogP contribution >= 0.6 is 0 Å². The van der Waals surface area contributed by atoms with Gasteiger partial charge in [-0.25, -0.2) is 0 Å². The first-order valence-electron chi connectivity index (χ1n) is 2.06. The predicted octanol–water partition coefficient (Wildman–Crippen LogP) is -6.08. The van der Waals surface area contributed by atoms with Crippen molar-refractivity contribution in [1.29, 1.82) is 0 Å². The minimum atomic E-state index is -1.22. The number of hydrogen-bond donors (Lipinski definition) is 3. The fourth-order valence-corrected chi connectivity index (χ4v) is 0. The number of carboxylic acid groups (broad SMARTS) is 1. The van der Waals surface area contributed by atoms with Crippen LogP contribution in [-0.2, 0) is 4.79 Å². The number of aliphatic carboxylic acids is 1.